The average molecular weight is 313 g/mol. The van der Waals surface area contributed by atoms with Crippen molar-refractivity contribution in [2.24, 2.45) is 5.92 Å². The highest BCUT2D eigenvalue weighted by Gasteiger charge is 2.24. The van der Waals surface area contributed by atoms with Crippen molar-refractivity contribution in [3.63, 3.8) is 0 Å². The van der Waals surface area contributed by atoms with Crippen LogP contribution in [0.5, 0.6) is 0 Å². The summed E-state index contributed by atoms with van der Waals surface area (Å²) in [4.78, 5) is 10.1. The molecular weight excluding hydrogens is 294 g/mol. The van der Waals surface area contributed by atoms with Crippen LogP contribution in [0.25, 0.3) is 0 Å². The van der Waals surface area contributed by atoms with Gasteiger partial charge in [0, 0.05) is 12.6 Å². The summed E-state index contributed by atoms with van der Waals surface area (Å²) in [6.45, 7) is 1.95. The predicted molar refractivity (Wildman–Crippen MR) is 79.4 cm³/mol. The zero-order valence-electron chi connectivity index (χ0n) is 11.8. The molecule has 0 unspecified atom stereocenters. The van der Waals surface area contributed by atoms with Gasteiger partial charge in [0.05, 0.1) is 9.82 Å². The molecule has 21 heavy (non-hydrogen) atoms. The molecule has 8 heteroatoms. The monoisotopic (exact) mass is 313 g/mol. The standard InChI is InChI=1S/C13H19N3O4S/c1-9-6-11(14)12(16(17)18)7-13(9)21(19,20)15-8-10-4-2-3-5-10/h6-7,10,15H,2-5,8,14H2,1H3. The van der Waals surface area contributed by atoms with Gasteiger partial charge in [-0.2, -0.15) is 0 Å². The van der Waals surface area contributed by atoms with E-state index in [1.54, 1.807) is 6.92 Å². The Kier molecular flexibility index (Phi) is 4.48. The number of rotatable bonds is 5. The molecule has 0 amide bonds. The number of nitro groups is 1. The summed E-state index contributed by atoms with van der Waals surface area (Å²) in [6, 6.07) is 2.35. The fourth-order valence-corrected chi connectivity index (χ4v) is 4.03. The lowest BCUT2D eigenvalue weighted by atomic mass is 10.1. The van der Waals surface area contributed by atoms with Gasteiger partial charge in [-0.05, 0) is 37.3 Å². The summed E-state index contributed by atoms with van der Waals surface area (Å²) in [5.41, 5.74) is 5.53. The van der Waals surface area contributed by atoms with Crippen LogP contribution in [0.4, 0.5) is 11.4 Å². The SMILES string of the molecule is Cc1cc(N)c([N+](=O)[O-])cc1S(=O)(=O)NCC1CCCC1. The van der Waals surface area contributed by atoms with E-state index in [2.05, 4.69) is 4.72 Å². The van der Waals surface area contributed by atoms with Gasteiger partial charge in [0.2, 0.25) is 10.0 Å². The molecule has 1 saturated carbocycles. The number of hydrogen-bond donors (Lipinski definition) is 2. The van der Waals surface area contributed by atoms with Gasteiger partial charge < -0.3 is 5.73 Å². The van der Waals surface area contributed by atoms with Gasteiger partial charge in [-0.15, -0.1) is 0 Å². The molecule has 0 bridgehead atoms. The minimum absolute atomic E-state index is 0.0350. The van der Waals surface area contributed by atoms with Crippen molar-refractivity contribution in [1.29, 1.82) is 0 Å². The molecule has 116 valence electrons. The van der Waals surface area contributed by atoms with Crippen LogP contribution in [0.15, 0.2) is 17.0 Å². The number of nitrogen functional groups attached to an aromatic ring is 1. The summed E-state index contributed by atoms with van der Waals surface area (Å²) in [7, 11) is -3.76. The maximum Gasteiger partial charge on any atom is 0.293 e. The minimum atomic E-state index is -3.76. The van der Waals surface area contributed by atoms with Crippen molar-refractivity contribution in [3.05, 3.63) is 27.8 Å². The van der Waals surface area contributed by atoms with Crippen LogP contribution in [-0.2, 0) is 10.0 Å². The highest BCUT2D eigenvalue weighted by atomic mass is 32.2. The van der Waals surface area contributed by atoms with E-state index in [1.165, 1.54) is 6.07 Å². The van der Waals surface area contributed by atoms with Crippen LogP contribution >= 0.6 is 0 Å². The molecule has 0 radical (unpaired) electrons. The molecule has 0 aliphatic heterocycles. The molecule has 3 N–H and O–H groups in total. The highest BCUT2D eigenvalue weighted by Crippen LogP contribution is 2.29. The number of nitrogens with zero attached hydrogens (tertiary/aromatic N) is 1. The zero-order chi connectivity index (χ0) is 15.6. The van der Waals surface area contributed by atoms with E-state index < -0.39 is 14.9 Å². The third-order valence-electron chi connectivity index (χ3n) is 3.85. The summed E-state index contributed by atoms with van der Waals surface area (Å²) >= 11 is 0. The summed E-state index contributed by atoms with van der Waals surface area (Å²) in [6.07, 6.45) is 4.28. The van der Waals surface area contributed by atoms with Crippen molar-refractivity contribution in [2.45, 2.75) is 37.5 Å². The first-order chi connectivity index (χ1) is 9.81. The molecule has 0 saturated heterocycles. The van der Waals surface area contributed by atoms with Crippen molar-refractivity contribution in [1.82, 2.24) is 4.72 Å². The second kappa shape index (κ2) is 5.98. The lowest BCUT2D eigenvalue weighted by Crippen LogP contribution is -2.29. The average Bonchev–Trinajstić information content (AvgIpc) is 2.88. The van der Waals surface area contributed by atoms with E-state index in [0.29, 0.717) is 18.0 Å². The van der Waals surface area contributed by atoms with Crippen molar-refractivity contribution < 1.29 is 13.3 Å². The molecule has 1 fully saturated rings. The summed E-state index contributed by atoms with van der Waals surface area (Å²) < 4.78 is 27.2. The fraction of sp³-hybridized carbons (Fsp3) is 0.538. The molecule has 2 rings (SSSR count). The molecular formula is C13H19N3O4S. The van der Waals surface area contributed by atoms with Crippen LogP contribution in [0.2, 0.25) is 0 Å². The van der Waals surface area contributed by atoms with Gasteiger partial charge in [-0.3, -0.25) is 10.1 Å². The number of nitrogens with one attached hydrogen (secondary N) is 1. The van der Waals surface area contributed by atoms with Gasteiger partial charge in [-0.1, -0.05) is 12.8 Å². The lowest BCUT2D eigenvalue weighted by Gasteiger charge is -2.13. The molecule has 0 atom stereocenters. The maximum atomic E-state index is 12.3. The van der Waals surface area contributed by atoms with Crippen molar-refractivity contribution in [3.8, 4) is 0 Å². The third-order valence-corrected chi connectivity index (χ3v) is 5.41. The first-order valence-electron chi connectivity index (χ1n) is 6.85. The Bertz CT molecular complexity index is 652. The van der Waals surface area contributed by atoms with E-state index >= 15 is 0 Å². The number of sulfonamides is 1. The summed E-state index contributed by atoms with van der Waals surface area (Å²) in [5.74, 6) is 0.351. The van der Waals surface area contributed by atoms with Gasteiger partial charge in [0.15, 0.2) is 0 Å². The Labute approximate surface area is 123 Å². The van der Waals surface area contributed by atoms with Crippen LogP contribution in [-0.4, -0.2) is 19.9 Å². The quantitative estimate of drug-likeness (QED) is 0.490. The number of aryl methyl sites for hydroxylation is 1. The Balaban J connectivity index is 2.26. The van der Waals surface area contributed by atoms with Crippen LogP contribution in [0, 0.1) is 23.0 Å². The zero-order valence-corrected chi connectivity index (χ0v) is 12.6. The van der Waals surface area contributed by atoms with Gasteiger partial charge in [0.25, 0.3) is 5.69 Å². The molecule has 0 spiro atoms. The molecule has 0 aromatic heterocycles. The highest BCUT2D eigenvalue weighted by molar-refractivity contribution is 7.89. The molecule has 7 nitrogen and oxygen atoms in total. The number of hydrogen-bond acceptors (Lipinski definition) is 5. The van der Waals surface area contributed by atoms with Gasteiger partial charge in [0.1, 0.15) is 5.69 Å². The number of nitro benzene ring substituents is 1. The minimum Gasteiger partial charge on any atom is -0.393 e. The predicted octanol–water partition coefficient (Wildman–Crippen LogP) is 1.95. The Hall–Kier alpha value is -1.67. The number of benzene rings is 1. The number of nitrogens with two attached hydrogens (primary N) is 1. The van der Waals surface area contributed by atoms with Crippen molar-refractivity contribution in [2.75, 3.05) is 12.3 Å². The molecule has 1 aromatic carbocycles. The van der Waals surface area contributed by atoms with E-state index in [9.17, 15) is 18.5 Å². The molecule has 1 aliphatic rings. The van der Waals surface area contributed by atoms with E-state index in [-0.39, 0.29) is 16.3 Å². The third kappa shape index (κ3) is 3.51. The van der Waals surface area contributed by atoms with Gasteiger partial charge in [-0.25, -0.2) is 13.1 Å². The smallest absolute Gasteiger partial charge is 0.293 e. The van der Waals surface area contributed by atoms with Crippen LogP contribution < -0.4 is 10.5 Å². The first kappa shape index (κ1) is 15.7. The second-order valence-electron chi connectivity index (χ2n) is 5.44. The van der Waals surface area contributed by atoms with E-state index in [1.807, 2.05) is 0 Å². The molecule has 1 aromatic rings. The van der Waals surface area contributed by atoms with Crippen LogP contribution in [0.1, 0.15) is 31.2 Å². The Morgan fingerprint density at radius 2 is 2.00 bits per heavy atom. The number of anilines is 1. The largest absolute Gasteiger partial charge is 0.393 e. The maximum absolute atomic E-state index is 12.3. The normalized spacial score (nSPS) is 16.2. The molecule has 1 aliphatic carbocycles. The van der Waals surface area contributed by atoms with E-state index in [4.69, 9.17) is 5.73 Å². The van der Waals surface area contributed by atoms with Gasteiger partial charge >= 0.3 is 0 Å². The lowest BCUT2D eigenvalue weighted by molar-refractivity contribution is -0.384. The second-order valence-corrected chi connectivity index (χ2v) is 7.17. The Morgan fingerprint density at radius 1 is 1.38 bits per heavy atom. The first-order valence-corrected chi connectivity index (χ1v) is 8.34. The Morgan fingerprint density at radius 3 is 2.57 bits per heavy atom. The molecule has 0 heterocycles. The van der Waals surface area contributed by atoms with Crippen LogP contribution in [0.3, 0.4) is 0 Å². The van der Waals surface area contributed by atoms with Crippen molar-refractivity contribution >= 4 is 21.4 Å². The van der Waals surface area contributed by atoms with E-state index in [0.717, 1.165) is 31.7 Å². The fourth-order valence-electron chi connectivity index (χ4n) is 2.67. The topological polar surface area (TPSA) is 115 Å². The summed E-state index contributed by atoms with van der Waals surface area (Å²) in [5, 5.41) is 10.9.